The number of methoxy groups -OCH3 is 1. The molecule has 0 bridgehead atoms. The van der Waals surface area contributed by atoms with Gasteiger partial charge in [-0.05, 0) is 12.1 Å². The van der Waals surface area contributed by atoms with E-state index in [1.165, 1.54) is 17.0 Å². The minimum absolute atomic E-state index is 0.0238. The molecule has 1 amide bonds. The summed E-state index contributed by atoms with van der Waals surface area (Å²) in [6.45, 7) is 0.937. The maximum atomic E-state index is 12.0. The van der Waals surface area contributed by atoms with Gasteiger partial charge < -0.3 is 19.8 Å². The Morgan fingerprint density at radius 2 is 2.17 bits per heavy atom. The lowest BCUT2D eigenvalue weighted by Crippen LogP contribution is -2.33. The zero-order chi connectivity index (χ0) is 13.7. The molecule has 0 radical (unpaired) electrons. The van der Waals surface area contributed by atoms with E-state index in [2.05, 4.69) is 15.9 Å². The number of hydrogen-bond acceptors (Lipinski definition) is 4. The fraction of sp³-hybridized carbons (Fsp3) is 0.417. The van der Waals surface area contributed by atoms with Gasteiger partial charge in [-0.15, -0.1) is 0 Å². The summed E-state index contributed by atoms with van der Waals surface area (Å²) in [5.74, 6) is -0.623. The van der Waals surface area contributed by atoms with Crippen molar-refractivity contribution in [3.63, 3.8) is 0 Å². The maximum Gasteiger partial charge on any atom is 0.257 e. The fourth-order valence-corrected chi connectivity index (χ4v) is 2.22. The summed E-state index contributed by atoms with van der Waals surface area (Å²) in [5.41, 5.74) is 0.160. The molecule has 0 aliphatic carbocycles. The smallest absolute Gasteiger partial charge is 0.257 e. The van der Waals surface area contributed by atoms with Crippen molar-refractivity contribution < 1.29 is 19.7 Å². The Kier molecular flexibility index (Phi) is 5.43. The topological polar surface area (TPSA) is 70.0 Å². The second-order valence-corrected chi connectivity index (χ2v) is 5.23. The molecule has 1 aromatic carbocycles. The summed E-state index contributed by atoms with van der Waals surface area (Å²) >= 11 is 3.39. The first-order chi connectivity index (χ1) is 8.45. The SMILES string of the molecule is COCC(Br)CN(C)C(=O)c1ccc(O)cc1O. The minimum atomic E-state index is -0.312. The molecule has 0 heterocycles. The maximum absolute atomic E-state index is 12.0. The van der Waals surface area contributed by atoms with Gasteiger partial charge in [-0.3, -0.25) is 4.79 Å². The van der Waals surface area contributed by atoms with Crippen LogP contribution in [0.3, 0.4) is 0 Å². The van der Waals surface area contributed by atoms with Crippen LogP contribution in [0.1, 0.15) is 10.4 Å². The molecule has 0 aliphatic rings. The Balaban J connectivity index is 2.74. The number of halogens is 1. The highest BCUT2D eigenvalue weighted by Crippen LogP contribution is 2.23. The Bertz CT molecular complexity index is 425. The number of aromatic hydroxyl groups is 2. The third kappa shape index (κ3) is 3.89. The van der Waals surface area contributed by atoms with Gasteiger partial charge in [0.05, 0.1) is 17.0 Å². The van der Waals surface area contributed by atoms with E-state index in [0.717, 1.165) is 6.07 Å². The van der Waals surface area contributed by atoms with E-state index < -0.39 is 0 Å². The quantitative estimate of drug-likeness (QED) is 0.809. The average Bonchev–Trinajstić information content (AvgIpc) is 2.28. The molecule has 0 saturated heterocycles. The number of benzene rings is 1. The van der Waals surface area contributed by atoms with Crippen molar-refractivity contribution in [2.24, 2.45) is 0 Å². The second-order valence-electron chi connectivity index (χ2n) is 3.94. The normalized spacial score (nSPS) is 12.2. The van der Waals surface area contributed by atoms with E-state index in [-0.39, 0.29) is 27.8 Å². The number of phenols is 2. The molecular formula is C12H16BrNO4. The van der Waals surface area contributed by atoms with Gasteiger partial charge >= 0.3 is 0 Å². The molecule has 1 atom stereocenters. The first-order valence-corrected chi connectivity index (χ1v) is 6.27. The third-order valence-electron chi connectivity index (χ3n) is 2.38. The molecule has 0 aromatic heterocycles. The minimum Gasteiger partial charge on any atom is -0.508 e. The number of phenolic OH excluding ortho intramolecular Hbond substituents is 2. The molecule has 0 fully saturated rings. The lowest BCUT2D eigenvalue weighted by Gasteiger charge is -2.20. The van der Waals surface area contributed by atoms with E-state index in [4.69, 9.17) is 9.84 Å². The Morgan fingerprint density at radius 1 is 1.50 bits per heavy atom. The van der Waals surface area contributed by atoms with Crippen LogP contribution in [-0.4, -0.2) is 53.2 Å². The zero-order valence-corrected chi connectivity index (χ0v) is 11.8. The fourth-order valence-electron chi connectivity index (χ4n) is 1.52. The van der Waals surface area contributed by atoms with Crippen molar-refractivity contribution in [1.82, 2.24) is 4.90 Å². The van der Waals surface area contributed by atoms with Gasteiger partial charge in [-0.2, -0.15) is 0 Å². The summed E-state index contributed by atoms with van der Waals surface area (Å²) in [5, 5.41) is 18.8. The molecule has 5 nitrogen and oxygen atoms in total. The van der Waals surface area contributed by atoms with Gasteiger partial charge in [0.15, 0.2) is 0 Å². The number of carbonyl (C=O) groups excluding carboxylic acids is 1. The van der Waals surface area contributed by atoms with Gasteiger partial charge in [-0.1, -0.05) is 15.9 Å². The molecule has 1 aromatic rings. The van der Waals surface area contributed by atoms with Gasteiger partial charge in [0.2, 0.25) is 0 Å². The lowest BCUT2D eigenvalue weighted by atomic mass is 10.1. The largest absolute Gasteiger partial charge is 0.508 e. The first kappa shape index (κ1) is 14.8. The van der Waals surface area contributed by atoms with Crippen LogP contribution in [0.25, 0.3) is 0 Å². The molecule has 2 N–H and O–H groups in total. The number of ether oxygens (including phenoxy) is 1. The second kappa shape index (κ2) is 6.61. The van der Waals surface area contributed by atoms with E-state index in [1.54, 1.807) is 14.2 Å². The zero-order valence-electron chi connectivity index (χ0n) is 10.3. The number of alkyl halides is 1. The predicted octanol–water partition coefficient (Wildman–Crippen LogP) is 1.58. The number of nitrogens with zero attached hydrogens (tertiary/aromatic N) is 1. The molecule has 0 aliphatic heterocycles. The van der Waals surface area contributed by atoms with Crippen molar-refractivity contribution >= 4 is 21.8 Å². The molecule has 18 heavy (non-hydrogen) atoms. The summed E-state index contributed by atoms with van der Waals surface area (Å²) in [7, 11) is 3.22. The molecular weight excluding hydrogens is 302 g/mol. The van der Waals surface area contributed by atoms with E-state index >= 15 is 0 Å². The van der Waals surface area contributed by atoms with Crippen LogP contribution in [-0.2, 0) is 4.74 Å². The number of amides is 1. The number of carbonyl (C=O) groups is 1. The van der Waals surface area contributed by atoms with Crippen molar-refractivity contribution in [1.29, 1.82) is 0 Å². The molecule has 1 rings (SSSR count). The van der Waals surface area contributed by atoms with Crippen molar-refractivity contribution in [2.75, 3.05) is 27.3 Å². The molecule has 0 spiro atoms. The standard InChI is InChI=1S/C12H16BrNO4/c1-14(6-8(13)7-18-2)12(17)10-4-3-9(15)5-11(10)16/h3-5,8,15-16H,6-7H2,1-2H3. The van der Waals surface area contributed by atoms with E-state index in [9.17, 15) is 9.90 Å². The molecule has 100 valence electrons. The van der Waals surface area contributed by atoms with Crippen LogP contribution < -0.4 is 0 Å². The molecule has 0 saturated carbocycles. The molecule has 6 heteroatoms. The third-order valence-corrected chi connectivity index (χ3v) is 2.93. The summed E-state index contributed by atoms with van der Waals surface area (Å²) in [6.07, 6.45) is 0. The van der Waals surface area contributed by atoms with Gasteiger partial charge in [0, 0.05) is 26.8 Å². The van der Waals surface area contributed by atoms with Crippen molar-refractivity contribution in [2.45, 2.75) is 4.83 Å². The van der Waals surface area contributed by atoms with Crippen molar-refractivity contribution in [3.8, 4) is 11.5 Å². The van der Waals surface area contributed by atoms with Crippen LogP contribution >= 0.6 is 15.9 Å². The average molecular weight is 318 g/mol. The van der Waals surface area contributed by atoms with Gasteiger partial charge in [-0.25, -0.2) is 0 Å². The van der Waals surface area contributed by atoms with E-state index in [1.807, 2.05) is 0 Å². The van der Waals surface area contributed by atoms with Crippen molar-refractivity contribution in [3.05, 3.63) is 23.8 Å². The van der Waals surface area contributed by atoms with Crippen LogP contribution in [0.2, 0.25) is 0 Å². The van der Waals surface area contributed by atoms with Crippen LogP contribution in [0.15, 0.2) is 18.2 Å². The Morgan fingerprint density at radius 3 is 2.72 bits per heavy atom. The highest BCUT2D eigenvalue weighted by molar-refractivity contribution is 9.09. The summed E-state index contributed by atoms with van der Waals surface area (Å²) < 4.78 is 4.96. The Labute approximate surface area is 114 Å². The number of hydrogen-bond donors (Lipinski definition) is 2. The predicted molar refractivity (Wildman–Crippen MR) is 71.3 cm³/mol. The Hall–Kier alpha value is -1.27. The van der Waals surface area contributed by atoms with Gasteiger partial charge in [0.1, 0.15) is 11.5 Å². The first-order valence-electron chi connectivity index (χ1n) is 5.36. The van der Waals surface area contributed by atoms with E-state index in [0.29, 0.717) is 13.2 Å². The summed E-state index contributed by atoms with van der Waals surface area (Å²) in [4.78, 5) is 13.5. The highest BCUT2D eigenvalue weighted by atomic mass is 79.9. The summed E-state index contributed by atoms with van der Waals surface area (Å²) in [6, 6.07) is 3.90. The lowest BCUT2D eigenvalue weighted by molar-refractivity contribution is 0.0781. The molecule has 1 unspecified atom stereocenters. The van der Waals surface area contributed by atoms with Crippen LogP contribution in [0, 0.1) is 0 Å². The van der Waals surface area contributed by atoms with Gasteiger partial charge in [0.25, 0.3) is 5.91 Å². The monoisotopic (exact) mass is 317 g/mol. The number of rotatable bonds is 5. The van der Waals surface area contributed by atoms with Crippen LogP contribution in [0.5, 0.6) is 11.5 Å². The highest BCUT2D eigenvalue weighted by Gasteiger charge is 2.18. The van der Waals surface area contributed by atoms with Crippen LogP contribution in [0.4, 0.5) is 0 Å².